The number of nitrogens with one attached hydrogen (secondary N) is 3. The molecule has 0 aliphatic carbocycles. The molecule has 0 aromatic heterocycles. The number of nitrogens with zero attached hydrogens (tertiary/aromatic N) is 1. The number of benzene rings is 3. The summed E-state index contributed by atoms with van der Waals surface area (Å²) < 4.78 is 50.2. The van der Waals surface area contributed by atoms with Gasteiger partial charge in [0.15, 0.2) is 11.5 Å². The van der Waals surface area contributed by atoms with Crippen LogP contribution in [0.4, 0.5) is 16.2 Å². The molecule has 6 N–H and O–H groups in total. The maximum atomic E-state index is 13.6. The molecule has 2 amide bonds. The number of hydrogen-bond acceptors (Lipinski definition) is 11. The predicted molar refractivity (Wildman–Crippen MR) is 189 cm³/mol. The molecule has 15 heteroatoms. The Morgan fingerprint density at radius 1 is 0.980 bits per heavy atom. The van der Waals surface area contributed by atoms with Crippen molar-refractivity contribution in [2.45, 2.75) is 55.9 Å². The van der Waals surface area contributed by atoms with Gasteiger partial charge in [0.2, 0.25) is 21.7 Å². The Balaban J connectivity index is 1.43. The summed E-state index contributed by atoms with van der Waals surface area (Å²) in [7, 11) is 0.431. The van der Waals surface area contributed by atoms with E-state index in [-0.39, 0.29) is 49.2 Å². The molecule has 272 valence electrons. The van der Waals surface area contributed by atoms with Gasteiger partial charge in [-0.1, -0.05) is 44.2 Å². The molecule has 0 spiro atoms. The van der Waals surface area contributed by atoms with Crippen LogP contribution in [0.3, 0.4) is 0 Å². The van der Waals surface area contributed by atoms with E-state index in [4.69, 9.17) is 24.7 Å². The van der Waals surface area contributed by atoms with Gasteiger partial charge in [-0.05, 0) is 42.2 Å². The average Bonchev–Trinajstić information content (AvgIpc) is 3.56. The summed E-state index contributed by atoms with van der Waals surface area (Å²) in [5.41, 5.74) is 7.44. The normalized spacial score (nSPS) is 17.2. The lowest BCUT2D eigenvalue weighted by atomic mass is 10.0. The number of amides is 2. The largest absolute Gasteiger partial charge is 0.493 e. The number of aliphatic hydroxyl groups is 1. The highest BCUT2D eigenvalue weighted by atomic mass is 32.2. The number of anilines is 2. The molecule has 3 aromatic rings. The lowest BCUT2D eigenvalue weighted by molar-refractivity contribution is -0.118. The summed E-state index contributed by atoms with van der Waals surface area (Å²) in [6, 6.07) is 16.7. The summed E-state index contributed by atoms with van der Waals surface area (Å²) in [5.74, 6) is 0.739. The van der Waals surface area contributed by atoms with Crippen molar-refractivity contribution >= 4 is 33.4 Å². The van der Waals surface area contributed by atoms with Crippen LogP contribution in [-0.2, 0) is 26.0 Å². The molecule has 4 rings (SSSR count). The summed E-state index contributed by atoms with van der Waals surface area (Å²) >= 11 is 0. The minimum Gasteiger partial charge on any atom is -0.493 e. The molecule has 0 radical (unpaired) electrons. The number of carbonyl (C=O) groups excluding carboxylic acids is 2. The van der Waals surface area contributed by atoms with E-state index in [1.165, 1.54) is 49.9 Å². The van der Waals surface area contributed by atoms with Gasteiger partial charge in [0, 0.05) is 49.6 Å². The SMILES string of the molecule is COc1cc(NC(=O)[C@@H]2C[C@@H](OC(=O)N[C@@H](Cc3ccccc3)[C@H](O)CN(CC(C)C)S(=O)(=O)c3ccc(N)cc3)CN2)cc(OC)c1OC. The van der Waals surface area contributed by atoms with Crippen LogP contribution >= 0.6 is 0 Å². The second-order valence-electron chi connectivity index (χ2n) is 12.4. The molecule has 1 fully saturated rings. The van der Waals surface area contributed by atoms with Crippen LogP contribution in [0.5, 0.6) is 17.2 Å². The fourth-order valence-corrected chi connectivity index (χ4v) is 7.29. The van der Waals surface area contributed by atoms with Gasteiger partial charge in [-0.25, -0.2) is 13.2 Å². The Kier molecular flexibility index (Phi) is 13.3. The van der Waals surface area contributed by atoms with E-state index in [9.17, 15) is 23.1 Å². The molecule has 50 heavy (non-hydrogen) atoms. The number of rotatable bonds is 16. The van der Waals surface area contributed by atoms with E-state index in [1.807, 2.05) is 44.2 Å². The first-order chi connectivity index (χ1) is 23.8. The van der Waals surface area contributed by atoms with Gasteiger partial charge >= 0.3 is 6.09 Å². The predicted octanol–water partition coefficient (Wildman–Crippen LogP) is 3.01. The summed E-state index contributed by atoms with van der Waals surface area (Å²) in [5, 5.41) is 20.1. The van der Waals surface area contributed by atoms with Crippen LogP contribution in [0.25, 0.3) is 0 Å². The second kappa shape index (κ2) is 17.4. The number of methoxy groups -OCH3 is 3. The number of alkyl carbamates (subject to hydrolysis) is 1. The Morgan fingerprint density at radius 2 is 1.62 bits per heavy atom. The molecule has 1 aliphatic heterocycles. The summed E-state index contributed by atoms with van der Waals surface area (Å²) in [4.78, 5) is 26.4. The first-order valence-corrected chi connectivity index (χ1v) is 17.7. The van der Waals surface area contributed by atoms with Gasteiger partial charge < -0.3 is 45.7 Å². The monoisotopic (exact) mass is 713 g/mol. The molecule has 3 aromatic carbocycles. The van der Waals surface area contributed by atoms with Crippen molar-refractivity contribution in [2.75, 3.05) is 52.0 Å². The summed E-state index contributed by atoms with van der Waals surface area (Å²) in [6.07, 6.45) is -2.36. The number of sulfonamides is 1. The number of nitrogen functional groups attached to an aromatic ring is 1. The van der Waals surface area contributed by atoms with Crippen molar-refractivity contribution in [1.29, 1.82) is 0 Å². The zero-order valence-electron chi connectivity index (χ0n) is 28.9. The van der Waals surface area contributed by atoms with E-state index in [2.05, 4.69) is 16.0 Å². The van der Waals surface area contributed by atoms with Crippen LogP contribution in [0.1, 0.15) is 25.8 Å². The third-order valence-electron chi connectivity index (χ3n) is 8.16. The minimum absolute atomic E-state index is 0.0455. The van der Waals surface area contributed by atoms with E-state index >= 15 is 0 Å². The van der Waals surface area contributed by atoms with E-state index in [0.29, 0.717) is 28.6 Å². The van der Waals surface area contributed by atoms with Crippen molar-refractivity contribution in [3.63, 3.8) is 0 Å². The van der Waals surface area contributed by atoms with Crippen molar-refractivity contribution in [2.24, 2.45) is 5.92 Å². The van der Waals surface area contributed by atoms with Crippen LogP contribution in [0, 0.1) is 5.92 Å². The number of hydrogen-bond donors (Lipinski definition) is 5. The van der Waals surface area contributed by atoms with Crippen molar-refractivity contribution in [1.82, 2.24) is 14.9 Å². The highest BCUT2D eigenvalue weighted by Gasteiger charge is 2.35. The Labute approximate surface area is 293 Å². The van der Waals surface area contributed by atoms with Crippen molar-refractivity contribution < 1.29 is 42.1 Å². The number of carbonyl (C=O) groups is 2. The molecule has 1 aliphatic rings. The second-order valence-corrected chi connectivity index (χ2v) is 14.4. The third kappa shape index (κ3) is 10.00. The van der Waals surface area contributed by atoms with Gasteiger partial charge in [0.25, 0.3) is 0 Å². The zero-order chi connectivity index (χ0) is 36.4. The van der Waals surface area contributed by atoms with Crippen LogP contribution < -0.4 is 35.9 Å². The van der Waals surface area contributed by atoms with Crippen LogP contribution in [0.15, 0.2) is 71.6 Å². The average molecular weight is 714 g/mol. The molecule has 0 bridgehead atoms. The molecular weight excluding hydrogens is 666 g/mol. The lowest BCUT2D eigenvalue weighted by Gasteiger charge is -2.30. The quantitative estimate of drug-likeness (QED) is 0.137. The molecule has 1 heterocycles. The standard InChI is InChI=1S/C35H47N5O9S/c1-22(2)20-40(50(44,45)27-13-11-24(36)12-14-27)21-30(41)28(15-23-9-7-6-8-10-23)39-35(43)49-26-18-29(37-19-26)34(42)38-25-16-31(46-3)33(48-5)32(17-25)47-4/h6-14,16-17,22,26,28-30,37,41H,15,18-21,36H2,1-5H3,(H,38,42)(H,39,43)/t26-,28+,29+,30-/m1/s1. The van der Waals surface area contributed by atoms with E-state index in [0.717, 1.165) is 5.56 Å². The minimum atomic E-state index is -4.00. The van der Waals surface area contributed by atoms with E-state index < -0.39 is 40.4 Å². The van der Waals surface area contributed by atoms with Gasteiger partial charge in [-0.15, -0.1) is 0 Å². The van der Waals surface area contributed by atoms with Gasteiger partial charge in [-0.2, -0.15) is 4.31 Å². The van der Waals surface area contributed by atoms with Gasteiger partial charge in [-0.3, -0.25) is 4.79 Å². The molecule has 14 nitrogen and oxygen atoms in total. The van der Waals surface area contributed by atoms with Gasteiger partial charge in [0.1, 0.15) is 6.10 Å². The smallest absolute Gasteiger partial charge is 0.407 e. The maximum absolute atomic E-state index is 13.6. The maximum Gasteiger partial charge on any atom is 0.407 e. The fraction of sp³-hybridized carbons (Fsp3) is 0.429. The first kappa shape index (κ1) is 38.2. The highest BCUT2D eigenvalue weighted by Crippen LogP contribution is 2.40. The Morgan fingerprint density at radius 3 is 2.20 bits per heavy atom. The first-order valence-electron chi connectivity index (χ1n) is 16.2. The molecule has 0 saturated carbocycles. The highest BCUT2D eigenvalue weighted by molar-refractivity contribution is 7.89. The summed E-state index contributed by atoms with van der Waals surface area (Å²) in [6.45, 7) is 3.83. The Hall–Kier alpha value is -4.57. The number of nitrogens with two attached hydrogens (primary N) is 1. The fourth-order valence-electron chi connectivity index (χ4n) is 5.67. The molecular formula is C35H47N5O9S. The molecule has 0 unspecified atom stereocenters. The number of ether oxygens (including phenoxy) is 4. The molecule has 1 saturated heterocycles. The third-order valence-corrected chi connectivity index (χ3v) is 10.0. The lowest BCUT2D eigenvalue weighted by Crippen LogP contribution is -2.51. The topological polar surface area (TPSA) is 191 Å². The van der Waals surface area contributed by atoms with Gasteiger partial charge in [0.05, 0.1) is 44.4 Å². The zero-order valence-corrected chi connectivity index (χ0v) is 29.7. The van der Waals surface area contributed by atoms with E-state index in [1.54, 1.807) is 12.1 Å². The molecule has 4 atom stereocenters. The van der Waals surface area contributed by atoms with Crippen LogP contribution in [-0.4, -0.2) is 95.1 Å². The van der Waals surface area contributed by atoms with Crippen LogP contribution in [0.2, 0.25) is 0 Å². The Bertz CT molecular complexity index is 1670. The van der Waals surface area contributed by atoms with Crippen molar-refractivity contribution in [3.8, 4) is 17.2 Å². The number of aliphatic hydroxyl groups excluding tert-OH is 1. The van der Waals surface area contributed by atoms with Crippen molar-refractivity contribution in [3.05, 3.63) is 72.3 Å².